The zero-order chi connectivity index (χ0) is 18.5. The number of hydrogen-bond acceptors (Lipinski definition) is 3. The maximum atomic E-state index is 12.8. The standard InChI is InChI=1S/C22H28N2O2/c1-16(24(2)15-18-10-5-7-14-21(18)26-3)22(25)23-20-13-8-11-17-9-4-6-12-19(17)20/h4-7,9-10,12,14,16,20H,8,11,13,15H2,1-3H3,(H,23,25)/t16-,20-/m1/s1. The monoisotopic (exact) mass is 352 g/mol. The first kappa shape index (κ1) is 18.5. The van der Waals surface area contributed by atoms with E-state index in [1.54, 1.807) is 7.11 Å². The molecule has 1 aliphatic carbocycles. The Morgan fingerprint density at radius 2 is 1.96 bits per heavy atom. The Bertz CT molecular complexity index is 759. The second-order valence-corrected chi connectivity index (χ2v) is 7.06. The zero-order valence-corrected chi connectivity index (χ0v) is 15.9. The molecule has 3 rings (SSSR count). The van der Waals surface area contributed by atoms with E-state index in [0.717, 1.165) is 30.6 Å². The summed E-state index contributed by atoms with van der Waals surface area (Å²) in [5.41, 5.74) is 3.71. The van der Waals surface area contributed by atoms with E-state index in [1.165, 1.54) is 11.1 Å². The molecule has 1 amide bonds. The second-order valence-electron chi connectivity index (χ2n) is 7.06. The van der Waals surface area contributed by atoms with Crippen molar-refractivity contribution in [3.05, 3.63) is 65.2 Å². The van der Waals surface area contributed by atoms with E-state index in [-0.39, 0.29) is 18.0 Å². The summed E-state index contributed by atoms with van der Waals surface area (Å²) in [6, 6.07) is 16.3. The predicted octanol–water partition coefficient (Wildman–Crippen LogP) is 3.71. The van der Waals surface area contributed by atoms with Gasteiger partial charge in [-0.2, -0.15) is 0 Å². The molecule has 1 N–H and O–H groups in total. The highest BCUT2D eigenvalue weighted by atomic mass is 16.5. The minimum absolute atomic E-state index is 0.0732. The first-order chi connectivity index (χ1) is 12.6. The molecule has 0 radical (unpaired) electrons. The molecular weight excluding hydrogens is 324 g/mol. The summed E-state index contributed by atoms with van der Waals surface area (Å²) in [4.78, 5) is 14.9. The van der Waals surface area contributed by atoms with E-state index in [0.29, 0.717) is 6.54 Å². The summed E-state index contributed by atoms with van der Waals surface area (Å²) < 4.78 is 5.42. The summed E-state index contributed by atoms with van der Waals surface area (Å²) >= 11 is 0. The summed E-state index contributed by atoms with van der Waals surface area (Å²) in [6.07, 6.45) is 3.23. The van der Waals surface area contributed by atoms with Gasteiger partial charge in [0.05, 0.1) is 19.2 Å². The van der Waals surface area contributed by atoms with Crippen molar-refractivity contribution >= 4 is 5.91 Å². The van der Waals surface area contributed by atoms with Gasteiger partial charge in [0, 0.05) is 12.1 Å². The van der Waals surface area contributed by atoms with Crippen LogP contribution >= 0.6 is 0 Å². The van der Waals surface area contributed by atoms with Crippen molar-refractivity contribution in [2.45, 2.75) is 44.8 Å². The minimum Gasteiger partial charge on any atom is -0.496 e. The van der Waals surface area contributed by atoms with Crippen LogP contribution in [0.2, 0.25) is 0 Å². The smallest absolute Gasteiger partial charge is 0.237 e. The average molecular weight is 352 g/mol. The van der Waals surface area contributed by atoms with Gasteiger partial charge in [-0.05, 0) is 50.4 Å². The molecule has 4 nitrogen and oxygen atoms in total. The zero-order valence-electron chi connectivity index (χ0n) is 15.9. The lowest BCUT2D eigenvalue weighted by atomic mass is 9.87. The number of carbonyl (C=O) groups is 1. The van der Waals surface area contributed by atoms with Gasteiger partial charge in [0.25, 0.3) is 0 Å². The lowest BCUT2D eigenvalue weighted by Gasteiger charge is -2.30. The number of para-hydroxylation sites is 1. The van der Waals surface area contributed by atoms with Crippen LogP contribution in [-0.2, 0) is 17.8 Å². The molecule has 0 spiro atoms. The number of likely N-dealkylation sites (N-methyl/N-ethyl adjacent to an activating group) is 1. The summed E-state index contributed by atoms with van der Waals surface area (Å²) in [6.45, 7) is 2.62. The highest BCUT2D eigenvalue weighted by Gasteiger charge is 2.25. The Balaban J connectivity index is 1.65. The topological polar surface area (TPSA) is 41.6 Å². The van der Waals surface area contributed by atoms with Crippen molar-refractivity contribution in [1.82, 2.24) is 10.2 Å². The highest BCUT2D eigenvalue weighted by Crippen LogP contribution is 2.29. The number of methoxy groups -OCH3 is 1. The fourth-order valence-electron chi connectivity index (χ4n) is 3.64. The molecule has 0 aliphatic heterocycles. The first-order valence-electron chi connectivity index (χ1n) is 9.30. The predicted molar refractivity (Wildman–Crippen MR) is 104 cm³/mol. The summed E-state index contributed by atoms with van der Waals surface area (Å²) in [5.74, 6) is 0.928. The molecule has 0 saturated heterocycles. The molecule has 2 aromatic carbocycles. The van der Waals surface area contributed by atoms with Gasteiger partial charge >= 0.3 is 0 Å². The molecule has 2 atom stereocenters. The largest absolute Gasteiger partial charge is 0.496 e. The fourth-order valence-corrected chi connectivity index (χ4v) is 3.64. The molecule has 2 aromatic rings. The van der Waals surface area contributed by atoms with Crippen LogP contribution in [0.4, 0.5) is 0 Å². The second kappa shape index (κ2) is 8.37. The van der Waals surface area contributed by atoms with Gasteiger partial charge in [0.2, 0.25) is 5.91 Å². The lowest BCUT2D eigenvalue weighted by Crippen LogP contribution is -2.44. The Morgan fingerprint density at radius 1 is 1.23 bits per heavy atom. The van der Waals surface area contributed by atoms with Gasteiger partial charge in [-0.1, -0.05) is 42.5 Å². The first-order valence-corrected chi connectivity index (χ1v) is 9.30. The average Bonchev–Trinajstić information content (AvgIpc) is 2.68. The van der Waals surface area contributed by atoms with Crippen LogP contribution in [0.15, 0.2) is 48.5 Å². The quantitative estimate of drug-likeness (QED) is 0.862. The van der Waals surface area contributed by atoms with Crippen LogP contribution in [0.25, 0.3) is 0 Å². The number of ether oxygens (including phenoxy) is 1. The van der Waals surface area contributed by atoms with Crippen LogP contribution in [0.5, 0.6) is 5.75 Å². The number of carbonyl (C=O) groups excluding carboxylic acids is 1. The Hall–Kier alpha value is -2.33. The Morgan fingerprint density at radius 3 is 2.77 bits per heavy atom. The number of aryl methyl sites for hydroxylation is 1. The molecule has 26 heavy (non-hydrogen) atoms. The number of hydrogen-bond donors (Lipinski definition) is 1. The molecule has 0 heterocycles. The van der Waals surface area contributed by atoms with E-state index >= 15 is 0 Å². The van der Waals surface area contributed by atoms with Gasteiger partial charge in [0.15, 0.2) is 0 Å². The Labute approximate surface area is 156 Å². The normalized spacial score (nSPS) is 17.5. The summed E-state index contributed by atoms with van der Waals surface area (Å²) in [5, 5.41) is 3.26. The van der Waals surface area contributed by atoms with E-state index in [4.69, 9.17) is 4.74 Å². The van der Waals surface area contributed by atoms with Gasteiger partial charge in [-0.3, -0.25) is 9.69 Å². The third-order valence-corrected chi connectivity index (χ3v) is 5.34. The number of nitrogens with zero attached hydrogens (tertiary/aromatic N) is 1. The molecule has 0 fully saturated rings. The molecule has 4 heteroatoms. The van der Waals surface area contributed by atoms with Crippen LogP contribution in [0, 0.1) is 0 Å². The lowest BCUT2D eigenvalue weighted by molar-refractivity contribution is -0.126. The fraction of sp³-hybridized carbons (Fsp3) is 0.409. The maximum absolute atomic E-state index is 12.8. The maximum Gasteiger partial charge on any atom is 0.237 e. The van der Waals surface area contributed by atoms with Crippen molar-refractivity contribution in [1.29, 1.82) is 0 Å². The third kappa shape index (κ3) is 4.07. The SMILES string of the molecule is COc1ccccc1CN(C)[C@H](C)C(=O)N[C@@H]1CCCc2ccccc21. The van der Waals surface area contributed by atoms with Gasteiger partial charge in [0.1, 0.15) is 5.75 Å². The van der Waals surface area contributed by atoms with Crippen LogP contribution in [0.3, 0.4) is 0 Å². The molecule has 138 valence electrons. The number of fused-ring (bicyclic) bond motifs is 1. The third-order valence-electron chi connectivity index (χ3n) is 5.34. The molecule has 0 unspecified atom stereocenters. The number of nitrogens with one attached hydrogen (secondary N) is 1. The van der Waals surface area contributed by atoms with Gasteiger partial charge in [-0.25, -0.2) is 0 Å². The molecule has 0 aromatic heterocycles. The number of rotatable bonds is 6. The van der Waals surface area contributed by atoms with Crippen molar-refractivity contribution in [3.63, 3.8) is 0 Å². The highest BCUT2D eigenvalue weighted by molar-refractivity contribution is 5.81. The van der Waals surface area contributed by atoms with E-state index in [9.17, 15) is 4.79 Å². The number of amides is 1. The molecular formula is C22H28N2O2. The van der Waals surface area contributed by atoms with Crippen molar-refractivity contribution < 1.29 is 9.53 Å². The Kier molecular flexibility index (Phi) is 5.94. The van der Waals surface area contributed by atoms with Gasteiger partial charge < -0.3 is 10.1 Å². The van der Waals surface area contributed by atoms with E-state index in [1.807, 2.05) is 38.2 Å². The minimum atomic E-state index is -0.214. The summed E-state index contributed by atoms with van der Waals surface area (Å²) in [7, 11) is 3.65. The molecule has 0 bridgehead atoms. The van der Waals surface area contributed by atoms with E-state index < -0.39 is 0 Å². The van der Waals surface area contributed by atoms with Gasteiger partial charge in [-0.15, -0.1) is 0 Å². The van der Waals surface area contributed by atoms with Crippen molar-refractivity contribution in [2.24, 2.45) is 0 Å². The van der Waals surface area contributed by atoms with Crippen LogP contribution < -0.4 is 10.1 Å². The molecule has 1 aliphatic rings. The molecule has 0 saturated carbocycles. The van der Waals surface area contributed by atoms with Crippen LogP contribution in [-0.4, -0.2) is 31.0 Å². The van der Waals surface area contributed by atoms with Crippen molar-refractivity contribution in [3.8, 4) is 5.75 Å². The van der Waals surface area contributed by atoms with Crippen molar-refractivity contribution in [2.75, 3.05) is 14.2 Å². The van der Waals surface area contributed by atoms with Crippen LogP contribution in [0.1, 0.15) is 42.5 Å². The number of benzene rings is 2. The van der Waals surface area contributed by atoms with E-state index in [2.05, 4.69) is 34.5 Å².